The molecule has 11 rings (SSSR count). The quantitative estimate of drug-likeness (QED) is 0.164. The van der Waals surface area contributed by atoms with Gasteiger partial charge in [-0.2, -0.15) is 0 Å². The first-order valence-corrected chi connectivity index (χ1v) is 22.4. The van der Waals surface area contributed by atoms with Crippen molar-refractivity contribution in [3.05, 3.63) is 208 Å². The van der Waals surface area contributed by atoms with Crippen LogP contribution in [0.2, 0.25) is 0 Å². The van der Waals surface area contributed by atoms with Gasteiger partial charge in [-0.3, -0.25) is 0 Å². The number of anilines is 6. The third-order valence-electron chi connectivity index (χ3n) is 14.2. The number of aryl methyl sites for hydroxylation is 2. The summed E-state index contributed by atoms with van der Waals surface area (Å²) in [6.45, 7) is 18.6. The molecule has 0 radical (unpaired) electrons. The van der Waals surface area contributed by atoms with Crippen LogP contribution in [0.25, 0.3) is 38.2 Å². The highest BCUT2D eigenvalue weighted by molar-refractivity contribution is 6.20. The van der Waals surface area contributed by atoms with Crippen LogP contribution in [-0.2, 0) is 10.8 Å². The zero-order chi connectivity index (χ0) is 42.7. The second-order valence-electron chi connectivity index (χ2n) is 19.3. The van der Waals surface area contributed by atoms with Crippen molar-refractivity contribution in [2.24, 2.45) is 5.92 Å². The molecule has 1 unspecified atom stereocenters. The Hall–Kier alpha value is -6.64. The highest BCUT2D eigenvalue weighted by Crippen LogP contribution is 2.55. The summed E-state index contributed by atoms with van der Waals surface area (Å²) in [5, 5.41) is 5.14. The van der Waals surface area contributed by atoms with Crippen LogP contribution in [0, 0.1) is 19.8 Å². The fraction of sp³-hybridized carbons (Fsp3) is 0.200. The summed E-state index contributed by atoms with van der Waals surface area (Å²) in [4.78, 5) is 5.02. The summed E-state index contributed by atoms with van der Waals surface area (Å²) in [6, 6.07) is 57.7. The van der Waals surface area contributed by atoms with E-state index in [1.165, 1.54) is 117 Å². The van der Waals surface area contributed by atoms with Gasteiger partial charge < -0.3 is 9.80 Å². The molecule has 0 amide bonds. The molecule has 0 fully saturated rings. The summed E-state index contributed by atoms with van der Waals surface area (Å²) in [5.41, 5.74) is 21.6. The van der Waals surface area contributed by atoms with E-state index in [4.69, 9.17) is 0 Å². The van der Waals surface area contributed by atoms with Gasteiger partial charge in [0.15, 0.2) is 0 Å². The first kappa shape index (κ1) is 38.3. The number of benzene rings is 8. The highest BCUT2D eigenvalue weighted by atomic mass is 15.2. The predicted molar refractivity (Wildman–Crippen MR) is 266 cm³/mol. The molecule has 3 aliphatic rings. The zero-order valence-corrected chi connectivity index (χ0v) is 37.3. The van der Waals surface area contributed by atoms with Crippen LogP contribution in [0.1, 0.15) is 86.9 Å². The molecule has 0 aromatic heterocycles. The average Bonchev–Trinajstić information content (AvgIpc) is 3.25. The standard InChI is InChI=1S/C60H54N2/c1-37-29-38(2)32-41(31-37)57-45-27-25-44(62-55-23-15-11-19-51(55)60(7,8)52-20-12-16-24-56(52)62)36-48(45)58(42-33-39(3)30-40(4)34-42)46-28-26-43(35-47(46)57)61-53-21-13-9-17-49(53)59(5,6)50-18-10-14-22-54(50)61/h9-33,35-36,40H,34H2,1-8H3. The van der Waals surface area contributed by atoms with Crippen LogP contribution in [0.3, 0.4) is 0 Å². The lowest BCUT2D eigenvalue weighted by Crippen LogP contribution is -2.30. The number of allylic oxidation sites excluding steroid dienone is 4. The van der Waals surface area contributed by atoms with Gasteiger partial charge in [-0.1, -0.05) is 167 Å². The Bertz CT molecular complexity index is 3110. The molecule has 62 heavy (non-hydrogen) atoms. The first-order valence-electron chi connectivity index (χ1n) is 22.4. The van der Waals surface area contributed by atoms with Crippen LogP contribution >= 0.6 is 0 Å². The molecule has 0 spiro atoms. The number of rotatable bonds is 4. The third-order valence-corrected chi connectivity index (χ3v) is 14.2. The topological polar surface area (TPSA) is 6.48 Å². The maximum atomic E-state index is 2.51. The van der Waals surface area contributed by atoms with Crippen LogP contribution in [0.5, 0.6) is 0 Å². The first-order chi connectivity index (χ1) is 29.9. The molecule has 2 nitrogen and oxygen atoms in total. The van der Waals surface area contributed by atoms with E-state index in [-0.39, 0.29) is 10.8 Å². The van der Waals surface area contributed by atoms with E-state index in [1.807, 2.05) is 0 Å². The number of fused-ring (bicyclic) bond motifs is 6. The molecule has 8 aromatic rings. The van der Waals surface area contributed by atoms with Gasteiger partial charge in [-0.15, -0.1) is 0 Å². The van der Waals surface area contributed by atoms with Gasteiger partial charge in [-0.25, -0.2) is 0 Å². The van der Waals surface area contributed by atoms with Crippen LogP contribution in [0.15, 0.2) is 169 Å². The summed E-state index contributed by atoms with van der Waals surface area (Å²) in [7, 11) is 0. The second-order valence-corrected chi connectivity index (χ2v) is 19.3. The van der Waals surface area contributed by atoms with Crippen molar-refractivity contribution in [3.63, 3.8) is 0 Å². The van der Waals surface area contributed by atoms with Gasteiger partial charge in [0, 0.05) is 22.2 Å². The SMILES string of the molecule is CC1=CC(C)CC(c2c3cc(N4c5ccccc5C(C)(C)c5ccccc54)ccc3c(-c3cc(C)cc(C)c3)c3cc(N4c5ccccc5C(C)(C)c5ccccc54)ccc23)=C1. The van der Waals surface area contributed by atoms with Crippen molar-refractivity contribution < 1.29 is 0 Å². The number of nitrogens with zero attached hydrogens (tertiary/aromatic N) is 2. The molecule has 0 bridgehead atoms. The Morgan fingerprint density at radius 1 is 0.452 bits per heavy atom. The monoisotopic (exact) mass is 802 g/mol. The van der Waals surface area contributed by atoms with Crippen molar-refractivity contribution in [2.75, 3.05) is 9.80 Å². The van der Waals surface area contributed by atoms with E-state index in [9.17, 15) is 0 Å². The highest BCUT2D eigenvalue weighted by Gasteiger charge is 2.38. The second kappa shape index (κ2) is 13.9. The maximum absolute atomic E-state index is 2.51. The normalized spacial score (nSPS) is 17.2. The van der Waals surface area contributed by atoms with E-state index in [0.29, 0.717) is 5.92 Å². The average molecular weight is 803 g/mol. The lowest BCUT2D eigenvalue weighted by atomic mass is 9.73. The van der Waals surface area contributed by atoms with E-state index in [0.717, 1.165) is 6.42 Å². The van der Waals surface area contributed by atoms with Gasteiger partial charge in [0.1, 0.15) is 0 Å². The Morgan fingerprint density at radius 3 is 1.29 bits per heavy atom. The minimum Gasteiger partial charge on any atom is -0.310 e. The molecule has 0 N–H and O–H groups in total. The Balaban J connectivity index is 1.25. The van der Waals surface area contributed by atoms with Crippen LogP contribution in [-0.4, -0.2) is 0 Å². The van der Waals surface area contributed by atoms with Crippen LogP contribution < -0.4 is 9.80 Å². The van der Waals surface area contributed by atoms with E-state index in [1.54, 1.807) is 0 Å². The predicted octanol–water partition coefficient (Wildman–Crippen LogP) is 16.9. The van der Waals surface area contributed by atoms with E-state index >= 15 is 0 Å². The summed E-state index contributed by atoms with van der Waals surface area (Å²) < 4.78 is 0. The molecule has 304 valence electrons. The minimum absolute atomic E-state index is 0.131. The molecule has 2 heteroatoms. The van der Waals surface area contributed by atoms with Crippen LogP contribution in [0.4, 0.5) is 34.1 Å². The molecule has 0 saturated carbocycles. The Morgan fingerprint density at radius 2 is 0.855 bits per heavy atom. The van der Waals surface area contributed by atoms with E-state index in [2.05, 4.69) is 229 Å². The molecular formula is C60H54N2. The van der Waals surface area contributed by atoms with Gasteiger partial charge >= 0.3 is 0 Å². The zero-order valence-electron chi connectivity index (χ0n) is 37.3. The summed E-state index contributed by atoms with van der Waals surface area (Å²) in [5.74, 6) is 0.439. The van der Waals surface area contributed by atoms with E-state index < -0.39 is 0 Å². The van der Waals surface area contributed by atoms with Crippen molar-refractivity contribution in [3.8, 4) is 11.1 Å². The van der Waals surface area contributed by atoms with Crippen molar-refractivity contribution in [2.45, 2.75) is 72.6 Å². The lowest BCUT2D eigenvalue weighted by molar-refractivity contribution is 0.632. The minimum atomic E-state index is -0.132. The Labute approximate surface area is 367 Å². The molecule has 2 aliphatic heterocycles. The number of para-hydroxylation sites is 4. The number of hydrogen-bond acceptors (Lipinski definition) is 2. The maximum Gasteiger partial charge on any atom is 0.0502 e. The molecule has 0 saturated heterocycles. The fourth-order valence-electron chi connectivity index (χ4n) is 11.6. The molecule has 1 atom stereocenters. The fourth-order valence-corrected chi connectivity index (χ4v) is 11.6. The summed E-state index contributed by atoms with van der Waals surface area (Å²) >= 11 is 0. The molecule has 2 heterocycles. The lowest BCUT2D eigenvalue weighted by Gasteiger charge is -2.42. The largest absolute Gasteiger partial charge is 0.310 e. The molecular weight excluding hydrogens is 749 g/mol. The summed E-state index contributed by atoms with van der Waals surface area (Å²) in [6.07, 6.45) is 5.87. The van der Waals surface area contributed by atoms with Crippen molar-refractivity contribution >= 4 is 61.2 Å². The van der Waals surface area contributed by atoms with Gasteiger partial charge in [0.05, 0.1) is 22.7 Å². The Kier molecular flexibility index (Phi) is 8.61. The smallest absolute Gasteiger partial charge is 0.0502 e. The molecule has 8 aromatic carbocycles. The van der Waals surface area contributed by atoms with Gasteiger partial charge in [0.25, 0.3) is 0 Å². The third kappa shape index (κ3) is 5.76. The van der Waals surface area contributed by atoms with Gasteiger partial charge in [0.2, 0.25) is 0 Å². The molecule has 1 aliphatic carbocycles. The van der Waals surface area contributed by atoms with Crippen molar-refractivity contribution in [1.29, 1.82) is 0 Å². The van der Waals surface area contributed by atoms with Gasteiger partial charge in [-0.05, 0) is 148 Å². The number of hydrogen-bond donors (Lipinski definition) is 0. The van der Waals surface area contributed by atoms with Crippen molar-refractivity contribution in [1.82, 2.24) is 0 Å².